The van der Waals surface area contributed by atoms with Crippen LogP contribution in [0.15, 0.2) is 22.6 Å². The Hall–Kier alpha value is -4.05. The van der Waals surface area contributed by atoms with Crippen molar-refractivity contribution in [1.82, 2.24) is 20.2 Å². The molecule has 4 atom stereocenters. The lowest BCUT2D eigenvalue weighted by atomic mass is 9.90. The summed E-state index contributed by atoms with van der Waals surface area (Å²) in [6.45, 7) is 3.61. The van der Waals surface area contributed by atoms with Gasteiger partial charge in [0, 0.05) is 49.1 Å². The number of nitrogen functional groups attached to an aromatic ring is 1. The Bertz CT molecular complexity index is 1910. The van der Waals surface area contributed by atoms with Crippen LogP contribution in [0.4, 0.5) is 20.5 Å². The van der Waals surface area contributed by atoms with Crippen LogP contribution in [0.2, 0.25) is 0 Å². The molecule has 0 aliphatic carbocycles. The number of nitrogens with zero attached hydrogens (tertiary/aromatic N) is 5. The summed E-state index contributed by atoms with van der Waals surface area (Å²) in [5.74, 6) is 0.119. The van der Waals surface area contributed by atoms with Crippen molar-refractivity contribution >= 4 is 33.6 Å². The Morgan fingerprint density at radius 3 is 2.80 bits per heavy atom. The molecular formula is C33H33F2N7O3. The molecule has 0 spiro atoms. The number of halogens is 2. The van der Waals surface area contributed by atoms with E-state index in [0.717, 1.165) is 50.9 Å². The van der Waals surface area contributed by atoms with Gasteiger partial charge in [0.1, 0.15) is 41.3 Å². The number of fused-ring (bicyclic) bond motifs is 7. The van der Waals surface area contributed by atoms with Crippen LogP contribution >= 0.6 is 0 Å². The third-order valence-electron chi connectivity index (χ3n) is 10.7. The zero-order chi connectivity index (χ0) is 30.4. The number of alkyl halides is 1. The molecule has 0 radical (unpaired) electrons. The second-order valence-electron chi connectivity index (χ2n) is 13.1. The van der Waals surface area contributed by atoms with E-state index >= 15 is 4.39 Å². The summed E-state index contributed by atoms with van der Waals surface area (Å²) in [4.78, 5) is 14.3. The Morgan fingerprint density at radius 1 is 1.16 bits per heavy atom. The van der Waals surface area contributed by atoms with Crippen molar-refractivity contribution in [3.05, 3.63) is 40.7 Å². The van der Waals surface area contributed by atoms with Crippen molar-refractivity contribution in [2.75, 3.05) is 43.4 Å². The van der Waals surface area contributed by atoms with Crippen molar-refractivity contribution in [2.45, 2.75) is 69.1 Å². The van der Waals surface area contributed by atoms with Crippen LogP contribution in [-0.2, 0) is 18.0 Å². The number of anilines is 2. The molecule has 4 fully saturated rings. The molecule has 0 amide bonds. The average molecular weight is 614 g/mol. The third-order valence-corrected chi connectivity index (χ3v) is 10.7. The van der Waals surface area contributed by atoms with E-state index in [2.05, 4.69) is 21.2 Å². The van der Waals surface area contributed by atoms with Gasteiger partial charge in [0.15, 0.2) is 5.82 Å². The van der Waals surface area contributed by atoms with Gasteiger partial charge in [-0.15, -0.1) is 0 Å². The fourth-order valence-corrected chi connectivity index (χ4v) is 8.78. The van der Waals surface area contributed by atoms with Gasteiger partial charge in [0.05, 0.1) is 24.1 Å². The van der Waals surface area contributed by atoms with Crippen LogP contribution < -0.4 is 20.7 Å². The number of hydrogen-bond donors (Lipinski definition) is 2. The molecule has 9 rings (SSSR count). The molecule has 45 heavy (non-hydrogen) atoms. The summed E-state index contributed by atoms with van der Waals surface area (Å²) in [7, 11) is 0. The Labute approximate surface area is 258 Å². The fourth-order valence-electron chi connectivity index (χ4n) is 8.78. The monoisotopic (exact) mass is 613 g/mol. The topological polar surface area (TPSA) is 126 Å². The summed E-state index contributed by atoms with van der Waals surface area (Å²) < 4.78 is 49.9. The number of nitrogens with one attached hydrogen (secondary N) is 1. The normalized spacial score (nSPS) is 27.4. The molecule has 232 valence electrons. The van der Waals surface area contributed by atoms with Crippen molar-refractivity contribution in [1.29, 1.82) is 5.26 Å². The molecule has 3 N–H and O–H groups in total. The largest absolute Gasteiger partial charge is 0.461 e. The molecule has 12 heteroatoms. The van der Waals surface area contributed by atoms with Gasteiger partial charge in [-0.3, -0.25) is 4.90 Å². The first-order chi connectivity index (χ1) is 22.0. The molecule has 10 nitrogen and oxygen atoms in total. The van der Waals surface area contributed by atoms with Crippen LogP contribution in [0, 0.1) is 17.1 Å². The van der Waals surface area contributed by atoms with Gasteiger partial charge in [0.2, 0.25) is 5.88 Å². The molecule has 0 saturated carbocycles. The van der Waals surface area contributed by atoms with E-state index in [0.29, 0.717) is 51.8 Å². The number of rotatable bonds is 5. The van der Waals surface area contributed by atoms with Crippen LogP contribution in [0.3, 0.4) is 0 Å². The summed E-state index contributed by atoms with van der Waals surface area (Å²) >= 11 is 0. The van der Waals surface area contributed by atoms with Gasteiger partial charge in [-0.1, -0.05) is 12.1 Å². The quantitative estimate of drug-likeness (QED) is 0.331. The zero-order valence-corrected chi connectivity index (χ0v) is 24.7. The molecule has 2 bridgehead atoms. The lowest BCUT2D eigenvalue weighted by Crippen LogP contribution is -2.52. The Balaban J connectivity index is 1.26. The highest BCUT2D eigenvalue weighted by Crippen LogP contribution is 2.47. The van der Waals surface area contributed by atoms with Gasteiger partial charge in [0.25, 0.3) is 0 Å². The smallest absolute Gasteiger partial charge is 0.319 e. The first kappa shape index (κ1) is 27.3. The second-order valence-corrected chi connectivity index (χ2v) is 13.1. The first-order valence-electron chi connectivity index (χ1n) is 15.8. The van der Waals surface area contributed by atoms with E-state index in [1.807, 2.05) is 0 Å². The molecule has 7 heterocycles. The van der Waals surface area contributed by atoms with E-state index in [4.69, 9.17) is 29.6 Å². The molecule has 2 aromatic heterocycles. The standard InChI is InChI=1S/C33H33F2N7O3/c34-17-9-33(7-2-8-41(33)13-17)16-44-32-39-29-27(31(40-32)42-18-5-6-19(42)12-38-11-18)23-15-43-14-22(23)26(28(29)35)20-3-1-4-24-25(20)21(10-36)30(37)45-24/h1,3-4,17-19,38H,2,5-9,11-16,37H2/t17-,18?,19?,33+/m1/s1. The SMILES string of the molecule is N#Cc1c(N)oc2cccc(-c3c4c(c5c(N6C7CCC6CNC7)nc(OC[C@@]67CCCN6C[C@H](F)C7)nc5c3F)COC4)c12. The Morgan fingerprint density at radius 2 is 1.98 bits per heavy atom. The van der Waals surface area contributed by atoms with Crippen LogP contribution in [0.1, 0.15) is 48.8 Å². The van der Waals surface area contributed by atoms with E-state index in [-0.39, 0.29) is 54.9 Å². The van der Waals surface area contributed by atoms with Crippen molar-refractivity contribution < 1.29 is 22.7 Å². The highest BCUT2D eigenvalue weighted by molar-refractivity contribution is 6.05. The van der Waals surface area contributed by atoms with Gasteiger partial charge >= 0.3 is 6.01 Å². The molecule has 4 saturated heterocycles. The maximum Gasteiger partial charge on any atom is 0.319 e. The number of furan rings is 1. The van der Waals surface area contributed by atoms with Gasteiger partial charge in [-0.2, -0.15) is 15.2 Å². The lowest BCUT2D eigenvalue weighted by molar-refractivity contribution is 0.107. The van der Waals surface area contributed by atoms with Crippen molar-refractivity contribution in [2.24, 2.45) is 0 Å². The van der Waals surface area contributed by atoms with Crippen LogP contribution in [0.25, 0.3) is 33.0 Å². The van der Waals surface area contributed by atoms with E-state index < -0.39 is 17.5 Å². The van der Waals surface area contributed by atoms with E-state index in [1.165, 1.54) is 0 Å². The molecule has 2 aromatic carbocycles. The predicted molar refractivity (Wildman–Crippen MR) is 163 cm³/mol. The van der Waals surface area contributed by atoms with Gasteiger partial charge in [-0.05, 0) is 55.0 Å². The highest BCUT2D eigenvalue weighted by Gasteiger charge is 2.49. The summed E-state index contributed by atoms with van der Waals surface area (Å²) in [6.07, 6.45) is 3.38. The van der Waals surface area contributed by atoms with E-state index in [1.54, 1.807) is 18.2 Å². The minimum Gasteiger partial charge on any atom is -0.461 e. The maximum absolute atomic E-state index is 17.3. The maximum atomic E-state index is 17.3. The number of benzene rings is 2. The first-order valence-corrected chi connectivity index (χ1v) is 15.8. The van der Waals surface area contributed by atoms with Crippen molar-refractivity contribution in [3.63, 3.8) is 0 Å². The van der Waals surface area contributed by atoms with Crippen LogP contribution in [-0.4, -0.2) is 71.4 Å². The molecular weight excluding hydrogens is 580 g/mol. The third kappa shape index (κ3) is 3.93. The number of nitrogens with two attached hydrogens (primary N) is 1. The predicted octanol–water partition coefficient (Wildman–Crippen LogP) is 4.56. The molecule has 5 aliphatic heterocycles. The minimum absolute atomic E-state index is 0.00807. The molecule has 5 aliphatic rings. The lowest BCUT2D eigenvalue weighted by Gasteiger charge is -2.37. The highest BCUT2D eigenvalue weighted by atomic mass is 19.1. The minimum atomic E-state index is -0.890. The molecule has 4 aromatic rings. The number of ether oxygens (including phenoxy) is 2. The van der Waals surface area contributed by atoms with E-state index in [9.17, 15) is 9.65 Å². The second kappa shape index (κ2) is 9.97. The number of nitriles is 1. The summed E-state index contributed by atoms with van der Waals surface area (Å²) in [5.41, 5.74) is 8.73. The number of aromatic nitrogens is 2. The van der Waals surface area contributed by atoms with Crippen molar-refractivity contribution in [3.8, 4) is 23.2 Å². The summed E-state index contributed by atoms with van der Waals surface area (Å²) in [6, 6.07) is 7.90. The Kier molecular flexibility index (Phi) is 6.05. The average Bonchev–Trinajstić information content (AvgIpc) is 3.83. The van der Waals surface area contributed by atoms with Gasteiger partial charge in [-0.25, -0.2) is 8.78 Å². The number of hydrogen-bond acceptors (Lipinski definition) is 10. The summed E-state index contributed by atoms with van der Waals surface area (Å²) in [5, 5.41) is 14.5. The number of piperazine rings is 1. The fraction of sp³-hybridized carbons (Fsp3) is 0.485. The van der Waals surface area contributed by atoms with Crippen LogP contribution in [0.5, 0.6) is 6.01 Å². The molecule has 2 unspecified atom stereocenters. The zero-order valence-electron chi connectivity index (χ0n) is 24.7. The van der Waals surface area contributed by atoms with Gasteiger partial charge < -0.3 is 29.8 Å².